The Morgan fingerprint density at radius 3 is 2.50 bits per heavy atom. The van der Waals surface area contributed by atoms with Crippen molar-refractivity contribution in [3.05, 3.63) is 51.3 Å². The third-order valence-electron chi connectivity index (χ3n) is 2.60. The highest BCUT2D eigenvalue weighted by molar-refractivity contribution is 6.41. The number of aromatic nitrogens is 1. The Hall–Kier alpha value is -1.45. The normalized spacial score (nSPS) is 10.4. The average molecular weight is 283 g/mol. The zero-order chi connectivity index (χ0) is 13.3. The molecule has 0 aliphatic heterocycles. The minimum absolute atomic E-state index is 0.266. The molecule has 5 heteroatoms. The average Bonchev–Trinajstić information content (AvgIpc) is 2.63. The van der Waals surface area contributed by atoms with Gasteiger partial charge in [-0.3, -0.25) is 4.79 Å². The number of anilines is 1. The summed E-state index contributed by atoms with van der Waals surface area (Å²) in [6.07, 6.45) is 0. The van der Waals surface area contributed by atoms with Gasteiger partial charge in [0.15, 0.2) is 0 Å². The number of rotatable bonds is 2. The molecule has 0 radical (unpaired) electrons. The van der Waals surface area contributed by atoms with Gasteiger partial charge in [-0.15, -0.1) is 0 Å². The fourth-order valence-corrected chi connectivity index (χ4v) is 1.98. The molecule has 0 aliphatic rings. The maximum atomic E-state index is 12.0. The van der Waals surface area contributed by atoms with E-state index in [1.54, 1.807) is 0 Å². The zero-order valence-electron chi connectivity index (χ0n) is 9.97. The van der Waals surface area contributed by atoms with Crippen LogP contribution >= 0.6 is 23.2 Å². The predicted molar refractivity (Wildman–Crippen MR) is 74.7 cm³/mol. The molecule has 18 heavy (non-hydrogen) atoms. The molecular weight excluding hydrogens is 271 g/mol. The number of carbonyl (C=O) groups is 1. The van der Waals surface area contributed by atoms with E-state index in [1.165, 1.54) is 6.07 Å². The molecule has 3 nitrogen and oxygen atoms in total. The lowest BCUT2D eigenvalue weighted by molar-refractivity contribution is 0.102. The van der Waals surface area contributed by atoms with Gasteiger partial charge in [0.25, 0.3) is 5.91 Å². The summed E-state index contributed by atoms with van der Waals surface area (Å²) in [5, 5.41) is 3.41. The highest BCUT2D eigenvalue weighted by Gasteiger charge is 2.12. The summed E-state index contributed by atoms with van der Waals surface area (Å²) in [5.74, 6) is -0.268. The Bertz CT molecular complexity index is 586. The van der Waals surface area contributed by atoms with Crippen molar-refractivity contribution in [2.45, 2.75) is 13.8 Å². The van der Waals surface area contributed by atoms with Crippen molar-refractivity contribution in [1.29, 1.82) is 0 Å². The topological polar surface area (TPSA) is 44.9 Å². The Labute approximate surface area is 115 Å². The summed E-state index contributed by atoms with van der Waals surface area (Å²) in [5.41, 5.74) is 3.26. The number of benzene rings is 1. The van der Waals surface area contributed by atoms with Gasteiger partial charge < -0.3 is 10.3 Å². The van der Waals surface area contributed by atoms with Crippen LogP contribution in [0.3, 0.4) is 0 Å². The van der Waals surface area contributed by atoms with Gasteiger partial charge in [0, 0.05) is 5.69 Å². The monoisotopic (exact) mass is 282 g/mol. The van der Waals surface area contributed by atoms with Crippen LogP contribution in [0.2, 0.25) is 10.2 Å². The summed E-state index contributed by atoms with van der Waals surface area (Å²) >= 11 is 11.5. The number of aromatic amines is 1. The predicted octanol–water partition coefficient (Wildman–Crippen LogP) is 4.19. The van der Waals surface area contributed by atoms with Gasteiger partial charge in [0.2, 0.25) is 0 Å². The molecule has 1 amide bonds. The summed E-state index contributed by atoms with van der Waals surface area (Å²) in [7, 11) is 0. The molecule has 0 saturated heterocycles. The van der Waals surface area contributed by atoms with Crippen LogP contribution in [0.5, 0.6) is 0 Å². The molecular formula is C13H12Cl2N2O. The van der Waals surface area contributed by atoms with E-state index in [2.05, 4.69) is 10.3 Å². The van der Waals surface area contributed by atoms with Crippen LogP contribution in [0.15, 0.2) is 24.3 Å². The SMILES string of the molecule is Cc1ccc(NC(=O)c2cc(Cl)c(Cl)[nH]2)c(C)c1. The molecule has 0 unspecified atom stereocenters. The van der Waals surface area contributed by atoms with E-state index in [0.29, 0.717) is 10.7 Å². The third kappa shape index (κ3) is 2.68. The van der Waals surface area contributed by atoms with Crippen LogP contribution in [-0.4, -0.2) is 10.9 Å². The number of carbonyl (C=O) groups excluding carboxylic acids is 1. The van der Waals surface area contributed by atoms with Crippen molar-refractivity contribution in [3.8, 4) is 0 Å². The summed E-state index contributed by atoms with van der Waals surface area (Å²) < 4.78 is 0. The van der Waals surface area contributed by atoms with E-state index >= 15 is 0 Å². The van der Waals surface area contributed by atoms with E-state index in [0.717, 1.165) is 16.8 Å². The second kappa shape index (κ2) is 5.04. The van der Waals surface area contributed by atoms with Crippen molar-refractivity contribution in [2.24, 2.45) is 0 Å². The van der Waals surface area contributed by atoms with Crippen LogP contribution < -0.4 is 5.32 Å². The minimum atomic E-state index is -0.268. The first-order valence-corrected chi connectivity index (χ1v) is 6.15. The molecule has 0 atom stereocenters. The maximum Gasteiger partial charge on any atom is 0.272 e. The lowest BCUT2D eigenvalue weighted by Crippen LogP contribution is -2.13. The van der Waals surface area contributed by atoms with Crippen LogP contribution in [0.25, 0.3) is 0 Å². The summed E-state index contributed by atoms with van der Waals surface area (Å²) in [6, 6.07) is 7.32. The van der Waals surface area contributed by atoms with E-state index in [4.69, 9.17) is 23.2 Å². The number of halogens is 2. The molecule has 1 heterocycles. The molecule has 2 N–H and O–H groups in total. The first-order chi connectivity index (χ1) is 8.47. The molecule has 2 rings (SSSR count). The molecule has 94 valence electrons. The number of aryl methyl sites for hydroxylation is 2. The fraction of sp³-hybridized carbons (Fsp3) is 0.154. The van der Waals surface area contributed by atoms with Gasteiger partial charge in [0.1, 0.15) is 10.8 Å². The second-order valence-corrected chi connectivity index (χ2v) is 4.90. The molecule has 1 aromatic heterocycles. The van der Waals surface area contributed by atoms with Crippen molar-refractivity contribution in [3.63, 3.8) is 0 Å². The number of nitrogens with one attached hydrogen (secondary N) is 2. The van der Waals surface area contributed by atoms with E-state index in [1.807, 2.05) is 32.0 Å². The summed E-state index contributed by atoms with van der Waals surface area (Å²) in [6.45, 7) is 3.94. The van der Waals surface area contributed by atoms with Gasteiger partial charge in [-0.25, -0.2) is 0 Å². The van der Waals surface area contributed by atoms with Gasteiger partial charge in [-0.1, -0.05) is 40.9 Å². The van der Waals surface area contributed by atoms with Crippen molar-refractivity contribution in [1.82, 2.24) is 4.98 Å². The van der Waals surface area contributed by atoms with E-state index < -0.39 is 0 Å². The molecule has 0 aliphatic carbocycles. The molecule has 0 saturated carbocycles. The largest absolute Gasteiger partial charge is 0.340 e. The number of hydrogen-bond donors (Lipinski definition) is 2. The highest BCUT2D eigenvalue weighted by atomic mass is 35.5. The van der Waals surface area contributed by atoms with Gasteiger partial charge in [-0.2, -0.15) is 0 Å². The first kappa shape index (κ1) is 13.0. The van der Waals surface area contributed by atoms with Crippen LogP contribution in [0.4, 0.5) is 5.69 Å². The Morgan fingerprint density at radius 1 is 1.22 bits per heavy atom. The van der Waals surface area contributed by atoms with Crippen molar-refractivity contribution >= 4 is 34.8 Å². The van der Waals surface area contributed by atoms with Gasteiger partial charge in [0.05, 0.1) is 5.02 Å². The first-order valence-electron chi connectivity index (χ1n) is 5.40. The lowest BCUT2D eigenvalue weighted by Gasteiger charge is -2.08. The quantitative estimate of drug-likeness (QED) is 0.852. The molecule has 1 aromatic carbocycles. The third-order valence-corrected chi connectivity index (χ3v) is 3.29. The Morgan fingerprint density at radius 2 is 1.94 bits per heavy atom. The fourth-order valence-electron chi connectivity index (χ4n) is 1.67. The van der Waals surface area contributed by atoms with Crippen LogP contribution in [0.1, 0.15) is 21.6 Å². The minimum Gasteiger partial charge on any atom is -0.340 e. The van der Waals surface area contributed by atoms with Gasteiger partial charge in [-0.05, 0) is 31.5 Å². The lowest BCUT2D eigenvalue weighted by atomic mass is 10.1. The van der Waals surface area contributed by atoms with Crippen molar-refractivity contribution in [2.75, 3.05) is 5.32 Å². The zero-order valence-corrected chi connectivity index (χ0v) is 11.5. The number of amides is 1. The molecule has 0 spiro atoms. The number of H-pyrrole nitrogens is 1. The standard InChI is InChI=1S/C13H12Cl2N2O/c1-7-3-4-10(8(2)5-7)17-13(18)11-6-9(14)12(15)16-11/h3-6,16H,1-2H3,(H,17,18). The van der Waals surface area contributed by atoms with Crippen LogP contribution in [0, 0.1) is 13.8 Å². The molecule has 2 aromatic rings. The Balaban J connectivity index is 2.21. The van der Waals surface area contributed by atoms with Crippen LogP contribution in [-0.2, 0) is 0 Å². The summed E-state index contributed by atoms with van der Waals surface area (Å²) in [4.78, 5) is 14.7. The Kier molecular flexibility index (Phi) is 3.64. The highest BCUT2D eigenvalue weighted by Crippen LogP contribution is 2.23. The van der Waals surface area contributed by atoms with E-state index in [-0.39, 0.29) is 11.1 Å². The molecule has 0 bridgehead atoms. The molecule has 0 fully saturated rings. The maximum absolute atomic E-state index is 12.0. The van der Waals surface area contributed by atoms with Crippen molar-refractivity contribution < 1.29 is 4.79 Å². The second-order valence-electron chi connectivity index (χ2n) is 4.12. The number of hydrogen-bond acceptors (Lipinski definition) is 1. The van der Waals surface area contributed by atoms with E-state index in [9.17, 15) is 4.79 Å². The van der Waals surface area contributed by atoms with Gasteiger partial charge >= 0.3 is 0 Å². The smallest absolute Gasteiger partial charge is 0.272 e.